The van der Waals surface area contributed by atoms with Crippen LogP contribution in [0.15, 0.2) is 24.3 Å². The summed E-state index contributed by atoms with van der Waals surface area (Å²) in [6.07, 6.45) is 0. The van der Waals surface area contributed by atoms with E-state index in [9.17, 15) is 9.18 Å². The Morgan fingerprint density at radius 3 is 2.35 bits per heavy atom. The monoisotopic (exact) mass is 281 g/mol. The van der Waals surface area contributed by atoms with Crippen LogP contribution in [0.25, 0.3) is 0 Å². The van der Waals surface area contributed by atoms with Crippen molar-refractivity contribution >= 4 is 5.91 Å². The molecule has 1 unspecified atom stereocenters. The Hall–Kier alpha value is -1.50. The summed E-state index contributed by atoms with van der Waals surface area (Å²) >= 11 is 0. The molecule has 3 N–H and O–H groups in total. The average Bonchev–Trinajstić information content (AvgIpc) is 2.43. The molecule has 0 spiro atoms. The molecule has 0 aromatic heterocycles. The largest absolute Gasteiger partial charge is 0.395 e. The van der Waals surface area contributed by atoms with Gasteiger partial charge >= 0.3 is 0 Å². The number of aliphatic hydroxyl groups excluding tert-OH is 1. The van der Waals surface area contributed by atoms with Crippen molar-refractivity contribution in [3.8, 4) is 0 Å². The molecule has 1 aromatic carbocycles. The highest BCUT2D eigenvalue weighted by molar-refractivity contribution is 5.81. The van der Waals surface area contributed by atoms with Crippen molar-refractivity contribution in [1.82, 2.24) is 9.80 Å². The SMILES string of the molecule is NC(=O)C(c1ccc(F)cc1)N1CCN(CCO)CC1. The first kappa shape index (κ1) is 14.9. The number of nitrogens with zero attached hydrogens (tertiary/aromatic N) is 2. The number of benzene rings is 1. The zero-order chi connectivity index (χ0) is 14.5. The number of hydrogen-bond acceptors (Lipinski definition) is 4. The number of primary amides is 1. The summed E-state index contributed by atoms with van der Waals surface area (Å²) in [7, 11) is 0. The number of piperazine rings is 1. The van der Waals surface area contributed by atoms with E-state index in [1.165, 1.54) is 12.1 Å². The van der Waals surface area contributed by atoms with E-state index in [0.717, 1.165) is 18.7 Å². The predicted molar refractivity (Wildman–Crippen MR) is 73.4 cm³/mol. The summed E-state index contributed by atoms with van der Waals surface area (Å²) in [6.45, 7) is 3.75. The fourth-order valence-corrected chi connectivity index (χ4v) is 2.59. The molecule has 1 aliphatic rings. The molecule has 1 atom stereocenters. The Morgan fingerprint density at radius 1 is 1.25 bits per heavy atom. The summed E-state index contributed by atoms with van der Waals surface area (Å²) in [5.74, 6) is -0.753. The zero-order valence-corrected chi connectivity index (χ0v) is 11.3. The van der Waals surface area contributed by atoms with Gasteiger partial charge in [-0.25, -0.2) is 4.39 Å². The maximum atomic E-state index is 13.0. The first-order chi connectivity index (χ1) is 9.61. The van der Waals surface area contributed by atoms with Gasteiger partial charge in [-0.3, -0.25) is 14.6 Å². The van der Waals surface area contributed by atoms with Crippen LogP contribution in [0, 0.1) is 5.82 Å². The smallest absolute Gasteiger partial charge is 0.239 e. The van der Waals surface area contributed by atoms with E-state index in [1.54, 1.807) is 12.1 Å². The number of rotatable bonds is 5. The second-order valence-electron chi connectivity index (χ2n) is 4.96. The predicted octanol–water partition coefficient (Wildman–Crippen LogP) is -0.0380. The number of carbonyl (C=O) groups excluding carboxylic acids is 1. The highest BCUT2D eigenvalue weighted by Crippen LogP contribution is 2.22. The molecule has 1 saturated heterocycles. The quantitative estimate of drug-likeness (QED) is 0.795. The molecule has 1 heterocycles. The van der Waals surface area contributed by atoms with Crippen molar-refractivity contribution in [1.29, 1.82) is 0 Å². The standard InChI is InChI=1S/C14H20FN3O2/c15-12-3-1-11(2-4-12)13(14(16)20)18-7-5-17(6-8-18)9-10-19/h1-4,13,19H,5-10H2,(H2,16,20). The van der Waals surface area contributed by atoms with Crippen LogP contribution in [0.4, 0.5) is 4.39 Å². The maximum absolute atomic E-state index is 13.0. The maximum Gasteiger partial charge on any atom is 0.239 e. The molecule has 1 fully saturated rings. The van der Waals surface area contributed by atoms with E-state index in [4.69, 9.17) is 10.8 Å². The molecule has 6 heteroatoms. The fraction of sp³-hybridized carbons (Fsp3) is 0.500. The van der Waals surface area contributed by atoms with E-state index >= 15 is 0 Å². The van der Waals surface area contributed by atoms with Crippen LogP contribution in [0.3, 0.4) is 0 Å². The molecular weight excluding hydrogens is 261 g/mol. The molecule has 0 radical (unpaired) electrons. The number of β-amino-alcohol motifs (C(OH)–C–C–N with tert-alkyl or cyclic N) is 1. The number of aliphatic hydroxyl groups is 1. The molecule has 2 rings (SSSR count). The number of hydrogen-bond donors (Lipinski definition) is 2. The van der Waals surface area contributed by atoms with Gasteiger partial charge in [-0.05, 0) is 17.7 Å². The van der Waals surface area contributed by atoms with E-state index in [0.29, 0.717) is 19.6 Å². The van der Waals surface area contributed by atoms with Crippen molar-refractivity contribution in [3.63, 3.8) is 0 Å². The van der Waals surface area contributed by atoms with Gasteiger partial charge in [-0.15, -0.1) is 0 Å². The van der Waals surface area contributed by atoms with Crippen molar-refractivity contribution in [2.45, 2.75) is 6.04 Å². The molecule has 0 bridgehead atoms. The van der Waals surface area contributed by atoms with E-state index in [-0.39, 0.29) is 12.4 Å². The normalized spacial score (nSPS) is 18.9. The molecule has 1 amide bonds. The van der Waals surface area contributed by atoms with Crippen LogP contribution in [0.5, 0.6) is 0 Å². The first-order valence-corrected chi connectivity index (χ1v) is 6.74. The molecular formula is C14H20FN3O2. The minimum absolute atomic E-state index is 0.136. The molecule has 20 heavy (non-hydrogen) atoms. The first-order valence-electron chi connectivity index (χ1n) is 6.74. The van der Waals surface area contributed by atoms with Gasteiger partial charge < -0.3 is 10.8 Å². The van der Waals surface area contributed by atoms with Crippen molar-refractivity contribution < 1.29 is 14.3 Å². The summed E-state index contributed by atoms with van der Waals surface area (Å²) < 4.78 is 13.0. The molecule has 110 valence electrons. The van der Waals surface area contributed by atoms with Crippen molar-refractivity contribution in [2.75, 3.05) is 39.3 Å². The highest BCUT2D eigenvalue weighted by atomic mass is 19.1. The Labute approximate surface area is 117 Å². The Balaban J connectivity index is 2.07. The lowest BCUT2D eigenvalue weighted by Crippen LogP contribution is -2.50. The lowest BCUT2D eigenvalue weighted by molar-refractivity contribution is -0.124. The van der Waals surface area contributed by atoms with Gasteiger partial charge in [0.15, 0.2) is 0 Å². The second kappa shape index (κ2) is 6.78. The molecule has 0 saturated carbocycles. The van der Waals surface area contributed by atoms with Crippen molar-refractivity contribution in [3.05, 3.63) is 35.6 Å². The van der Waals surface area contributed by atoms with Gasteiger partial charge in [0.2, 0.25) is 5.91 Å². The van der Waals surface area contributed by atoms with Gasteiger partial charge in [-0.1, -0.05) is 12.1 Å². The second-order valence-corrected chi connectivity index (χ2v) is 4.96. The fourth-order valence-electron chi connectivity index (χ4n) is 2.59. The Kier molecular flexibility index (Phi) is 5.05. The van der Waals surface area contributed by atoms with E-state index in [1.807, 2.05) is 4.90 Å². The highest BCUT2D eigenvalue weighted by Gasteiger charge is 2.28. The van der Waals surface area contributed by atoms with Crippen LogP contribution >= 0.6 is 0 Å². The molecule has 1 aliphatic heterocycles. The van der Waals surface area contributed by atoms with Gasteiger partial charge in [-0.2, -0.15) is 0 Å². The van der Waals surface area contributed by atoms with Gasteiger partial charge in [0, 0.05) is 32.7 Å². The Morgan fingerprint density at radius 2 is 1.85 bits per heavy atom. The topological polar surface area (TPSA) is 69.8 Å². The lowest BCUT2D eigenvalue weighted by Gasteiger charge is -2.38. The summed E-state index contributed by atoms with van der Waals surface area (Å²) in [5, 5.41) is 8.92. The minimum atomic E-state index is -0.521. The van der Waals surface area contributed by atoms with Crippen LogP contribution in [0.2, 0.25) is 0 Å². The molecule has 5 nitrogen and oxygen atoms in total. The lowest BCUT2D eigenvalue weighted by atomic mass is 10.0. The summed E-state index contributed by atoms with van der Waals surface area (Å²) in [6, 6.07) is 5.36. The average molecular weight is 281 g/mol. The van der Waals surface area contributed by atoms with E-state index in [2.05, 4.69) is 4.90 Å². The van der Waals surface area contributed by atoms with E-state index < -0.39 is 11.9 Å². The van der Waals surface area contributed by atoms with Gasteiger partial charge in [0.25, 0.3) is 0 Å². The number of halogens is 1. The third-order valence-electron chi connectivity index (χ3n) is 3.64. The van der Waals surface area contributed by atoms with Crippen LogP contribution < -0.4 is 5.73 Å². The number of amides is 1. The summed E-state index contributed by atoms with van der Waals surface area (Å²) in [4.78, 5) is 15.9. The van der Waals surface area contributed by atoms with Crippen LogP contribution in [0.1, 0.15) is 11.6 Å². The third kappa shape index (κ3) is 3.53. The van der Waals surface area contributed by atoms with Crippen LogP contribution in [-0.2, 0) is 4.79 Å². The number of nitrogens with two attached hydrogens (primary N) is 1. The van der Waals surface area contributed by atoms with Crippen molar-refractivity contribution in [2.24, 2.45) is 5.73 Å². The van der Waals surface area contributed by atoms with Crippen LogP contribution in [-0.4, -0.2) is 60.1 Å². The zero-order valence-electron chi connectivity index (χ0n) is 11.3. The number of carbonyl (C=O) groups is 1. The van der Waals surface area contributed by atoms with Gasteiger partial charge in [0.1, 0.15) is 11.9 Å². The third-order valence-corrected chi connectivity index (χ3v) is 3.64. The molecule has 1 aromatic rings. The summed E-state index contributed by atoms with van der Waals surface area (Å²) in [5.41, 5.74) is 6.22. The minimum Gasteiger partial charge on any atom is -0.395 e. The molecule has 0 aliphatic carbocycles. The Bertz CT molecular complexity index is 444. The van der Waals surface area contributed by atoms with Gasteiger partial charge in [0.05, 0.1) is 6.61 Å².